The summed E-state index contributed by atoms with van der Waals surface area (Å²) in [6, 6.07) is 11.4. The number of hydrogen-bond donors (Lipinski definition) is 2. The molecule has 0 saturated carbocycles. The van der Waals surface area contributed by atoms with E-state index < -0.39 is 6.10 Å². The lowest BCUT2D eigenvalue weighted by molar-refractivity contribution is -0.0828. The van der Waals surface area contributed by atoms with Crippen LogP contribution in [0.1, 0.15) is 42.7 Å². The second kappa shape index (κ2) is 6.51. The lowest BCUT2D eigenvalue weighted by Gasteiger charge is -2.34. The maximum absolute atomic E-state index is 10.4. The fraction of sp³-hybridized carbons (Fsp3) is 0.333. The highest BCUT2D eigenvalue weighted by molar-refractivity contribution is 9.10. The minimum atomic E-state index is -0.881. The molecule has 0 amide bonds. The number of phenols is 1. The van der Waals surface area contributed by atoms with Gasteiger partial charge in [0.2, 0.25) is 0 Å². The maximum Gasteiger partial charge on any atom is 0.140 e. The van der Waals surface area contributed by atoms with Crippen molar-refractivity contribution >= 4 is 15.9 Å². The number of fused-ring (bicyclic) bond motifs is 1. The molecule has 4 nitrogen and oxygen atoms in total. The highest BCUT2D eigenvalue weighted by Crippen LogP contribution is 2.48. The van der Waals surface area contributed by atoms with E-state index in [0.29, 0.717) is 28.0 Å². The largest absolute Gasteiger partial charge is 0.508 e. The van der Waals surface area contributed by atoms with Crippen LogP contribution >= 0.6 is 15.9 Å². The molecule has 0 radical (unpaired) electrons. The minimum Gasteiger partial charge on any atom is -0.508 e. The summed E-state index contributed by atoms with van der Waals surface area (Å²) in [5, 5.41) is 20.6. The van der Waals surface area contributed by atoms with Crippen molar-refractivity contribution in [1.82, 2.24) is 0 Å². The topological polar surface area (TPSA) is 58.9 Å². The first-order chi connectivity index (χ1) is 11.0. The lowest BCUT2D eigenvalue weighted by Crippen LogP contribution is -2.28. The Kier molecular flexibility index (Phi) is 4.62. The lowest BCUT2D eigenvalue weighted by atomic mass is 9.91. The van der Waals surface area contributed by atoms with Gasteiger partial charge in [-0.2, -0.15) is 0 Å². The molecule has 5 heteroatoms. The Balaban J connectivity index is 2.00. The molecule has 3 atom stereocenters. The zero-order valence-electron chi connectivity index (χ0n) is 13.0. The van der Waals surface area contributed by atoms with Gasteiger partial charge in [0.1, 0.15) is 24.2 Å². The maximum atomic E-state index is 10.4. The first-order valence-corrected chi connectivity index (χ1v) is 8.33. The van der Waals surface area contributed by atoms with Gasteiger partial charge >= 0.3 is 0 Å². The van der Waals surface area contributed by atoms with Crippen molar-refractivity contribution in [1.29, 1.82) is 0 Å². The number of aliphatic hydroxyl groups is 1. The van der Waals surface area contributed by atoms with E-state index in [1.54, 1.807) is 13.0 Å². The quantitative estimate of drug-likeness (QED) is 0.837. The van der Waals surface area contributed by atoms with Crippen molar-refractivity contribution in [3.63, 3.8) is 0 Å². The molecule has 122 valence electrons. The summed E-state index contributed by atoms with van der Waals surface area (Å²) >= 11 is 3.44. The Morgan fingerprint density at radius 2 is 1.87 bits per heavy atom. The number of aliphatic hydroxyl groups excluding tert-OH is 1. The third-order valence-corrected chi connectivity index (χ3v) is 4.67. The van der Waals surface area contributed by atoms with E-state index in [0.717, 1.165) is 5.56 Å². The van der Waals surface area contributed by atoms with Gasteiger partial charge in [-0.3, -0.25) is 0 Å². The molecule has 0 unspecified atom stereocenters. The molecule has 1 aliphatic heterocycles. The van der Waals surface area contributed by atoms with E-state index >= 15 is 0 Å². The van der Waals surface area contributed by atoms with Crippen molar-refractivity contribution in [2.45, 2.75) is 38.8 Å². The molecule has 2 aromatic rings. The first kappa shape index (κ1) is 16.3. The molecule has 1 heterocycles. The van der Waals surface area contributed by atoms with Crippen molar-refractivity contribution in [3.8, 4) is 11.5 Å². The molecule has 2 aromatic carbocycles. The average Bonchev–Trinajstić information content (AvgIpc) is 2.52. The fourth-order valence-electron chi connectivity index (χ4n) is 2.94. The van der Waals surface area contributed by atoms with Crippen molar-refractivity contribution in [3.05, 3.63) is 57.6 Å². The van der Waals surface area contributed by atoms with Crippen molar-refractivity contribution < 1.29 is 19.7 Å². The van der Waals surface area contributed by atoms with Gasteiger partial charge < -0.3 is 19.7 Å². The zero-order chi connectivity index (χ0) is 16.6. The van der Waals surface area contributed by atoms with Crippen molar-refractivity contribution in [2.75, 3.05) is 0 Å². The standard InChI is InChI=1S/C18H19BrO4/c1-10-15-16(17(21)11(2)23-10)14(20)8-13(19)18(15)22-9-12-6-4-3-5-7-12/h3-8,10-11,17,20-21H,9H2,1-2H3/t10-,11+,17+/m0/s1. The van der Waals surface area contributed by atoms with Crippen LogP contribution in [0.2, 0.25) is 0 Å². The second-order valence-electron chi connectivity index (χ2n) is 5.74. The van der Waals surface area contributed by atoms with Crippen LogP contribution < -0.4 is 4.74 Å². The Labute approximate surface area is 143 Å². The van der Waals surface area contributed by atoms with Gasteiger partial charge in [-0.15, -0.1) is 0 Å². The van der Waals surface area contributed by atoms with E-state index in [-0.39, 0.29) is 18.0 Å². The van der Waals surface area contributed by atoms with E-state index in [1.165, 1.54) is 0 Å². The fourth-order valence-corrected chi connectivity index (χ4v) is 3.49. The number of aromatic hydroxyl groups is 1. The molecule has 0 fully saturated rings. The number of phenolic OH excluding ortho intramolecular Hbond substituents is 1. The number of rotatable bonds is 3. The van der Waals surface area contributed by atoms with E-state index in [2.05, 4.69) is 15.9 Å². The molecular formula is C18H19BrO4. The van der Waals surface area contributed by atoms with Gasteiger partial charge in [0.15, 0.2) is 0 Å². The Bertz CT molecular complexity index is 702. The summed E-state index contributed by atoms with van der Waals surface area (Å²) in [6.07, 6.45) is -1.54. The first-order valence-electron chi connectivity index (χ1n) is 7.54. The Morgan fingerprint density at radius 3 is 2.57 bits per heavy atom. The third kappa shape index (κ3) is 3.09. The molecule has 1 aliphatic rings. The molecule has 0 saturated heterocycles. The SMILES string of the molecule is C[C@@H]1O[C@H](C)[C@@H](O)c2c(O)cc(Br)c(OCc3ccccc3)c21. The highest BCUT2D eigenvalue weighted by atomic mass is 79.9. The molecule has 2 N–H and O–H groups in total. The Hall–Kier alpha value is -1.56. The van der Waals surface area contributed by atoms with E-state index in [4.69, 9.17) is 9.47 Å². The predicted octanol–water partition coefficient (Wildman–Crippen LogP) is 4.25. The van der Waals surface area contributed by atoms with Crippen molar-refractivity contribution in [2.24, 2.45) is 0 Å². The summed E-state index contributed by atoms with van der Waals surface area (Å²) in [4.78, 5) is 0. The van der Waals surface area contributed by atoms with E-state index in [9.17, 15) is 10.2 Å². The van der Waals surface area contributed by atoms with Gasteiger partial charge in [0.05, 0.1) is 16.7 Å². The van der Waals surface area contributed by atoms with Crippen LogP contribution in [0.3, 0.4) is 0 Å². The number of hydrogen-bond acceptors (Lipinski definition) is 4. The van der Waals surface area contributed by atoms with Gasteiger partial charge in [-0.25, -0.2) is 0 Å². The van der Waals surface area contributed by atoms with Crippen LogP contribution in [0.5, 0.6) is 11.5 Å². The normalized spacial score (nSPS) is 23.4. The smallest absolute Gasteiger partial charge is 0.140 e. The summed E-state index contributed by atoms with van der Waals surface area (Å²) in [5.41, 5.74) is 2.22. The van der Waals surface area contributed by atoms with Crippen LogP contribution in [-0.2, 0) is 11.3 Å². The van der Waals surface area contributed by atoms with Crippen LogP contribution in [0.4, 0.5) is 0 Å². The number of benzene rings is 2. The molecule has 0 aromatic heterocycles. The van der Waals surface area contributed by atoms with E-state index in [1.807, 2.05) is 37.3 Å². The molecule has 0 spiro atoms. The van der Waals surface area contributed by atoms with Gasteiger partial charge in [0.25, 0.3) is 0 Å². The second-order valence-corrected chi connectivity index (χ2v) is 6.59. The van der Waals surface area contributed by atoms with Gasteiger partial charge in [0, 0.05) is 11.1 Å². The van der Waals surface area contributed by atoms with Crippen LogP contribution in [-0.4, -0.2) is 16.3 Å². The summed E-state index contributed by atoms with van der Waals surface area (Å²) in [5.74, 6) is 0.647. The monoisotopic (exact) mass is 378 g/mol. The third-order valence-electron chi connectivity index (χ3n) is 4.08. The molecule has 23 heavy (non-hydrogen) atoms. The number of halogens is 1. The summed E-state index contributed by atoms with van der Waals surface area (Å²) in [6.45, 7) is 4.08. The molecule has 3 rings (SSSR count). The summed E-state index contributed by atoms with van der Waals surface area (Å²) < 4.78 is 12.4. The van der Waals surface area contributed by atoms with Crippen LogP contribution in [0, 0.1) is 0 Å². The van der Waals surface area contributed by atoms with Gasteiger partial charge in [-0.05, 0) is 41.4 Å². The highest BCUT2D eigenvalue weighted by Gasteiger charge is 2.36. The predicted molar refractivity (Wildman–Crippen MR) is 90.5 cm³/mol. The molecule has 0 aliphatic carbocycles. The molecule has 0 bridgehead atoms. The summed E-state index contributed by atoms with van der Waals surface area (Å²) in [7, 11) is 0. The Morgan fingerprint density at radius 1 is 1.17 bits per heavy atom. The average molecular weight is 379 g/mol. The van der Waals surface area contributed by atoms with Gasteiger partial charge in [-0.1, -0.05) is 30.3 Å². The molecular weight excluding hydrogens is 360 g/mol. The minimum absolute atomic E-state index is 0.0495. The zero-order valence-corrected chi connectivity index (χ0v) is 14.6. The number of ether oxygens (including phenoxy) is 2. The van der Waals surface area contributed by atoms with Crippen LogP contribution in [0.15, 0.2) is 40.9 Å². The van der Waals surface area contributed by atoms with Crippen LogP contribution in [0.25, 0.3) is 0 Å².